The van der Waals surface area contributed by atoms with Gasteiger partial charge in [0, 0.05) is 5.92 Å². The number of hydrogen-bond donors (Lipinski definition) is 2. The van der Waals surface area contributed by atoms with E-state index >= 15 is 0 Å². The van der Waals surface area contributed by atoms with E-state index in [1.807, 2.05) is 0 Å². The molecular formula is C15H15F3N2O2. The first-order chi connectivity index (χ1) is 10.4. The van der Waals surface area contributed by atoms with Gasteiger partial charge >= 0.3 is 12.1 Å². The number of para-hydroxylation sites is 1. The Morgan fingerprint density at radius 1 is 1.23 bits per heavy atom. The third-order valence-electron chi connectivity index (χ3n) is 4.34. The Morgan fingerprint density at radius 2 is 1.91 bits per heavy atom. The lowest BCUT2D eigenvalue weighted by atomic mass is 9.81. The summed E-state index contributed by atoms with van der Waals surface area (Å²) in [6.45, 7) is 0. The van der Waals surface area contributed by atoms with Gasteiger partial charge in [0.2, 0.25) is 0 Å². The second-order valence-corrected chi connectivity index (χ2v) is 5.72. The lowest BCUT2D eigenvalue weighted by molar-refractivity contribution is -0.182. The Morgan fingerprint density at radius 3 is 2.50 bits per heavy atom. The minimum absolute atomic E-state index is 0.0763. The van der Waals surface area contributed by atoms with Gasteiger partial charge in [-0.15, -0.1) is 0 Å². The predicted molar refractivity (Wildman–Crippen MR) is 73.8 cm³/mol. The molecule has 1 aliphatic carbocycles. The van der Waals surface area contributed by atoms with E-state index in [0.717, 1.165) is 0 Å². The van der Waals surface area contributed by atoms with Crippen molar-refractivity contribution in [1.29, 1.82) is 0 Å². The number of carboxylic acids is 1. The molecule has 1 saturated carbocycles. The monoisotopic (exact) mass is 312 g/mol. The van der Waals surface area contributed by atoms with Gasteiger partial charge in [-0.05, 0) is 37.8 Å². The Balaban J connectivity index is 1.84. The van der Waals surface area contributed by atoms with Crippen LogP contribution in [-0.2, 0) is 0 Å². The maximum Gasteiger partial charge on any atom is 0.391 e. The highest BCUT2D eigenvalue weighted by Gasteiger charge is 2.42. The summed E-state index contributed by atoms with van der Waals surface area (Å²) in [6, 6.07) is 4.81. The summed E-state index contributed by atoms with van der Waals surface area (Å²) in [4.78, 5) is 18.6. The van der Waals surface area contributed by atoms with Crippen LogP contribution in [0.25, 0.3) is 11.0 Å². The normalized spacial score (nSPS) is 22.9. The Hall–Kier alpha value is -2.05. The average molecular weight is 312 g/mol. The molecule has 22 heavy (non-hydrogen) atoms. The number of imidazole rings is 1. The Bertz CT molecular complexity index is 700. The summed E-state index contributed by atoms with van der Waals surface area (Å²) in [6.07, 6.45) is -3.12. The summed E-state index contributed by atoms with van der Waals surface area (Å²) in [7, 11) is 0. The molecule has 1 fully saturated rings. The number of hydrogen-bond acceptors (Lipinski definition) is 2. The van der Waals surface area contributed by atoms with Crippen LogP contribution in [0.5, 0.6) is 0 Å². The van der Waals surface area contributed by atoms with Crippen LogP contribution in [0.15, 0.2) is 18.2 Å². The van der Waals surface area contributed by atoms with E-state index in [1.54, 1.807) is 12.1 Å². The number of halogens is 3. The number of aromatic amines is 1. The number of rotatable bonds is 2. The van der Waals surface area contributed by atoms with Crippen molar-refractivity contribution in [1.82, 2.24) is 9.97 Å². The minimum atomic E-state index is -4.13. The van der Waals surface area contributed by atoms with Gasteiger partial charge in [0.05, 0.1) is 17.0 Å². The second kappa shape index (κ2) is 5.30. The van der Waals surface area contributed by atoms with E-state index in [4.69, 9.17) is 5.11 Å². The third-order valence-corrected chi connectivity index (χ3v) is 4.34. The lowest BCUT2D eigenvalue weighted by Crippen LogP contribution is -2.27. The van der Waals surface area contributed by atoms with E-state index in [2.05, 4.69) is 9.97 Å². The molecule has 0 radical (unpaired) electrons. The minimum Gasteiger partial charge on any atom is -0.478 e. The molecule has 3 rings (SSSR count). The lowest BCUT2D eigenvalue weighted by Gasteiger charge is -2.28. The van der Waals surface area contributed by atoms with Crippen molar-refractivity contribution >= 4 is 17.0 Å². The molecule has 1 aromatic carbocycles. The van der Waals surface area contributed by atoms with E-state index in [9.17, 15) is 18.0 Å². The van der Waals surface area contributed by atoms with Crippen LogP contribution in [0.4, 0.5) is 13.2 Å². The maximum absolute atomic E-state index is 12.7. The molecule has 1 aromatic heterocycles. The molecule has 1 heterocycles. The molecule has 0 unspecified atom stereocenters. The van der Waals surface area contributed by atoms with Crippen LogP contribution >= 0.6 is 0 Å². The van der Waals surface area contributed by atoms with Gasteiger partial charge in [-0.1, -0.05) is 6.07 Å². The highest BCUT2D eigenvalue weighted by atomic mass is 19.4. The summed E-state index contributed by atoms with van der Waals surface area (Å²) in [5, 5.41) is 9.15. The van der Waals surface area contributed by atoms with E-state index in [0.29, 0.717) is 29.7 Å². The topological polar surface area (TPSA) is 66.0 Å². The van der Waals surface area contributed by atoms with Gasteiger partial charge in [0.1, 0.15) is 11.3 Å². The van der Waals surface area contributed by atoms with Gasteiger partial charge in [-0.25, -0.2) is 9.78 Å². The number of alkyl halides is 3. The van der Waals surface area contributed by atoms with Crippen molar-refractivity contribution in [2.24, 2.45) is 5.92 Å². The van der Waals surface area contributed by atoms with Gasteiger partial charge in [0.15, 0.2) is 0 Å². The molecule has 1 aliphatic rings. The van der Waals surface area contributed by atoms with Crippen LogP contribution in [0.2, 0.25) is 0 Å². The number of nitrogens with zero attached hydrogens (tertiary/aromatic N) is 1. The Kier molecular flexibility index (Phi) is 3.58. The first kappa shape index (κ1) is 14.9. The van der Waals surface area contributed by atoms with Crippen molar-refractivity contribution in [2.45, 2.75) is 37.8 Å². The van der Waals surface area contributed by atoms with E-state index in [1.165, 1.54) is 6.07 Å². The van der Waals surface area contributed by atoms with Crippen LogP contribution < -0.4 is 0 Å². The molecule has 118 valence electrons. The second-order valence-electron chi connectivity index (χ2n) is 5.72. The molecule has 7 heteroatoms. The van der Waals surface area contributed by atoms with Crippen molar-refractivity contribution < 1.29 is 23.1 Å². The molecule has 2 N–H and O–H groups in total. The summed E-state index contributed by atoms with van der Waals surface area (Å²) < 4.78 is 38.1. The van der Waals surface area contributed by atoms with Crippen LogP contribution in [0.3, 0.4) is 0 Å². The van der Waals surface area contributed by atoms with Gasteiger partial charge in [-0.2, -0.15) is 13.2 Å². The summed E-state index contributed by atoms with van der Waals surface area (Å²) in [5.41, 5.74) is 1.07. The van der Waals surface area contributed by atoms with Crippen molar-refractivity contribution in [2.75, 3.05) is 0 Å². The third kappa shape index (κ3) is 2.67. The van der Waals surface area contributed by atoms with Crippen molar-refractivity contribution in [3.63, 3.8) is 0 Å². The number of carbonyl (C=O) groups is 1. The van der Waals surface area contributed by atoms with Crippen LogP contribution in [0.1, 0.15) is 47.8 Å². The van der Waals surface area contributed by atoms with Gasteiger partial charge in [0.25, 0.3) is 0 Å². The molecule has 0 atom stereocenters. The molecular weight excluding hydrogens is 297 g/mol. The van der Waals surface area contributed by atoms with Gasteiger partial charge < -0.3 is 10.1 Å². The number of benzene rings is 1. The van der Waals surface area contributed by atoms with Crippen molar-refractivity contribution in [3.8, 4) is 0 Å². The zero-order valence-electron chi connectivity index (χ0n) is 11.7. The smallest absolute Gasteiger partial charge is 0.391 e. The predicted octanol–water partition coefficient (Wildman–Crippen LogP) is 4.10. The number of carboxylic acid groups (broad SMARTS) is 1. The molecule has 4 nitrogen and oxygen atoms in total. The van der Waals surface area contributed by atoms with Crippen molar-refractivity contribution in [3.05, 3.63) is 29.6 Å². The fourth-order valence-electron chi connectivity index (χ4n) is 3.11. The number of nitrogens with one attached hydrogen (secondary N) is 1. The quantitative estimate of drug-likeness (QED) is 0.877. The van der Waals surface area contributed by atoms with Crippen LogP contribution in [0, 0.1) is 5.92 Å². The maximum atomic E-state index is 12.7. The van der Waals surface area contributed by atoms with E-state index < -0.39 is 18.1 Å². The number of fused-ring (bicyclic) bond motifs is 1. The number of aromatic carboxylic acids is 1. The van der Waals surface area contributed by atoms with Crippen LogP contribution in [-0.4, -0.2) is 27.2 Å². The Labute approximate surface area is 124 Å². The zero-order chi connectivity index (χ0) is 15.9. The molecule has 0 saturated heterocycles. The van der Waals surface area contributed by atoms with Gasteiger partial charge in [-0.3, -0.25) is 0 Å². The average Bonchev–Trinajstić information content (AvgIpc) is 2.90. The molecule has 0 bridgehead atoms. The highest BCUT2D eigenvalue weighted by molar-refractivity contribution is 6.00. The number of aromatic nitrogens is 2. The summed E-state index contributed by atoms with van der Waals surface area (Å²) >= 11 is 0. The van der Waals surface area contributed by atoms with E-state index in [-0.39, 0.29) is 24.3 Å². The largest absolute Gasteiger partial charge is 0.478 e. The SMILES string of the molecule is O=C(O)c1cccc2[nH]c(C3CCC(C(F)(F)F)CC3)nc12. The zero-order valence-corrected chi connectivity index (χ0v) is 11.7. The standard InChI is InChI=1S/C15H15F3N2O2/c16-15(17,18)9-6-4-8(5-7-9)13-19-11-3-1-2-10(14(21)22)12(11)20-13/h1-3,8-9H,4-7H2,(H,19,20)(H,21,22). The first-order valence-corrected chi connectivity index (χ1v) is 7.15. The fourth-order valence-corrected chi connectivity index (χ4v) is 3.11. The molecule has 0 spiro atoms. The molecule has 0 aliphatic heterocycles. The highest BCUT2D eigenvalue weighted by Crippen LogP contribution is 2.42. The first-order valence-electron chi connectivity index (χ1n) is 7.15. The summed E-state index contributed by atoms with van der Waals surface area (Å²) in [5.74, 6) is -1.79. The molecule has 2 aromatic rings. The molecule has 0 amide bonds. The fraction of sp³-hybridized carbons (Fsp3) is 0.467. The number of H-pyrrole nitrogens is 1.